The summed E-state index contributed by atoms with van der Waals surface area (Å²) in [5.74, 6) is 0.240. The van der Waals surface area contributed by atoms with Gasteiger partial charge in [0.2, 0.25) is 5.89 Å². The van der Waals surface area contributed by atoms with Crippen molar-refractivity contribution in [3.8, 4) is 11.5 Å². The minimum atomic E-state index is -0.325. The second-order valence-corrected chi connectivity index (χ2v) is 6.95. The summed E-state index contributed by atoms with van der Waals surface area (Å²) in [6.45, 7) is 7.01. The molecule has 136 valence electrons. The number of Topliss-reactive ketones (excluding diaryl/α,β-unsaturated/α-hetero) is 1. The molecule has 3 aromatic rings. The third-order valence-corrected chi connectivity index (χ3v) is 4.96. The minimum absolute atomic E-state index is 0.0342. The molecule has 3 rings (SSSR count). The van der Waals surface area contributed by atoms with Crippen molar-refractivity contribution in [1.29, 1.82) is 0 Å². The van der Waals surface area contributed by atoms with Crippen molar-refractivity contribution in [2.75, 3.05) is 5.75 Å². The van der Waals surface area contributed by atoms with Gasteiger partial charge in [-0.3, -0.25) is 4.79 Å². The first kappa shape index (κ1) is 18.4. The van der Waals surface area contributed by atoms with Crippen LogP contribution in [0.25, 0.3) is 11.5 Å². The van der Waals surface area contributed by atoms with Crippen molar-refractivity contribution in [2.45, 2.75) is 39.0 Å². The molecule has 2 heterocycles. The van der Waals surface area contributed by atoms with Gasteiger partial charge in [0.1, 0.15) is 5.82 Å². The molecule has 7 heteroatoms. The summed E-state index contributed by atoms with van der Waals surface area (Å²) in [6.07, 6.45) is 1.02. The van der Waals surface area contributed by atoms with Gasteiger partial charge < -0.3 is 8.98 Å². The van der Waals surface area contributed by atoms with E-state index in [1.807, 2.05) is 19.9 Å². The van der Waals surface area contributed by atoms with Crippen LogP contribution in [0.2, 0.25) is 0 Å². The van der Waals surface area contributed by atoms with E-state index >= 15 is 0 Å². The second-order valence-electron chi connectivity index (χ2n) is 6.03. The van der Waals surface area contributed by atoms with Crippen molar-refractivity contribution in [3.63, 3.8) is 0 Å². The van der Waals surface area contributed by atoms with Gasteiger partial charge in [-0.05, 0) is 50.6 Å². The van der Waals surface area contributed by atoms with E-state index in [0.717, 1.165) is 29.9 Å². The van der Waals surface area contributed by atoms with E-state index in [9.17, 15) is 9.18 Å². The van der Waals surface area contributed by atoms with E-state index in [1.54, 1.807) is 12.1 Å². The predicted molar refractivity (Wildman–Crippen MR) is 98.9 cm³/mol. The van der Waals surface area contributed by atoms with Gasteiger partial charge >= 0.3 is 0 Å². The highest BCUT2D eigenvalue weighted by Gasteiger charge is 2.17. The van der Waals surface area contributed by atoms with E-state index in [1.165, 1.54) is 23.9 Å². The van der Waals surface area contributed by atoms with Crippen LogP contribution in [0.3, 0.4) is 0 Å². The van der Waals surface area contributed by atoms with Crippen LogP contribution in [-0.2, 0) is 6.54 Å². The number of nitrogens with zero attached hydrogens (tertiary/aromatic N) is 3. The van der Waals surface area contributed by atoms with Gasteiger partial charge in [0.05, 0.1) is 5.75 Å². The summed E-state index contributed by atoms with van der Waals surface area (Å²) < 4.78 is 20.7. The lowest BCUT2D eigenvalue weighted by Crippen LogP contribution is -2.06. The molecule has 0 bridgehead atoms. The van der Waals surface area contributed by atoms with E-state index < -0.39 is 0 Å². The minimum Gasteiger partial charge on any atom is -0.411 e. The first-order chi connectivity index (χ1) is 12.5. The molecule has 0 N–H and O–H groups in total. The molecule has 26 heavy (non-hydrogen) atoms. The number of rotatable bonds is 7. The third-order valence-electron chi connectivity index (χ3n) is 4.15. The summed E-state index contributed by atoms with van der Waals surface area (Å²) in [5.41, 5.74) is 3.46. The Morgan fingerprint density at radius 2 is 1.96 bits per heavy atom. The van der Waals surface area contributed by atoms with E-state index in [-0.39, 0.29) is 17.4 Å². The Kier molecular flexibility index (Phi) is 5.56. The summed E-state index contributed by atoms with van der Waals surface area (Å²) in [7, 11) is 0. The van der Waals surface area contributed by atoms with Gasteiger partial charge in [0.25, 0.3) is 5.22 Å². The molecule has 0 aliphatic rings. The average Bonchev–Trinajstić information content (AvgIpc) is 3.21. The van der Waals surface area contributed by atoms with Gasteiger partial charge in [-0.15, -0.1) is 10.2 Å². The fraction of sp³-hybridized carbons (Fsp3) is 0.316. The number of hydrogen-bond acceptors (Lipinski definition) is 5. The number of aryl methyl sites for hydroxylation is 1. The number of hydrogen-bond donors (Lipinski definition) is 0. The average molecular weight is 373 g/mol. The fourth-order valence-corrected chi connectivity index (χ4v) is 3.48. The maximum atomic E-state index is 13.0. The summed E-state index contributed by atoms with van der Waals surface area (Å²) in [4.78, 5) is 12.6. The number of aromatic nitrogens is 3. The molecule has 0 unspecified atom stereocenters. The molecule has 0 aliphatic heterocycles. The molecule has 0 aliphatic carbocycles. The standard InChI is InChI=1S/C19H20FN3O2S/c1-4-9-23-12(2)10-16(13(23)3)17(24)11-26-19-22-21-18(25-19)14-5-7-15(20)8-6-14/h5-8,10H,4,9,11H2,1-3H3. The van der Waals surface area contributed by atoms with Crippen molar-refractivity contribution < 1.29 is 13.6 Å². The van der Waals surface area contributed by atoms with Crippen LogP contribution >= 0.6 is 11.8 Å². The van der Waals surface area contributed by atoms with E-state index in [2.05, 4.69) is 21.7 Å². The van der Waals surface area contributed by atoms with Gasteiger partial charge in [-0.2, -0.15) is 0 Å². The molecule has 0 fully saturated rings. The SMILES string of the molecule is CCCn1c(C)cc(C(=O)CSc2nnc(-c3ccc(F)cc3)o2)c1C. The van der Waals surface area contributed by atoms with Gasteiger partial charge in [-0.1, -0.05) is 18.7 Å². The number of halogens is 1. The Morgan fingerprint density at radius 3 is 2.65 bits per heavy atom. The number of benzene rings is 1. The van der Waals surface area contributed by atoms with Crippen LogP contribution < -0.4 is 0 Å². The van der Waals surface area contributed by atoms with Crippen LogP contribution in [0.15, 0.2) is 40.0 Å². The summed E-state index contributed by atoms with van der Waals surface area (Å²) in [5, 5.41) is 8.22. The van der Waals surface area contributed by atoms with Crippen LogP contribution in [0.1, 0.15) is 35.1 Å². The Bertz CT molecular complexity index is 916. The summed E-state index contributed by atoms with van der Waals surface area (Å²) in [6, 6.07) is 7.76. The maximum absolute atomic E-state index is 13.0. The molecule has 5 nitrogen and oxygen atoms in total. The third kappa shape index (κ3) is 3.88. The van der Waals surface area contributed by atoms with Gasteiger partial charge in [0, 0.05) is 29.1 Å². The van der Waals surface area contributed by atoms with Crippen molar-refractivity contribution in [3.05, 3.63) is 53.1 Å². The van der Waals surface area contributed by atoms with Crippen LogP contribution in [0, 0.1) is 19.7 Å². The lowest BCUT2D eigenvalue weighted by Gasteiger charge is -2.07. The number of ketones is 1. The van der Waals surface area contributed by atoms with E-state index in [0.29, 0.717) is 16.7 Å². The Hall–Kier alpha value is -2.41. The lowest BCUT2D eigenvalue weighted by atomic mass is 10.2. The number of carbonyl (C=O) groups excluding carboxylic acids is 1. The molecule has 2 aromatic heterocycles. The highest BCUT2D eigenvalue weighted by molar-refractivity contribution is 7.99. The quantitative estimate of drug-likeness (QED) is 0.444. The van der Waals surface area contributed by atoms with Gasteiger partial charge in [-0.25, -0.2) is 4.39 Å². The molecule has 1 aromatic carbocycles. The molecule has 0 spiro atoms. The number of thioether (sulfide) groups is 1. The number of carbonyl (C=O) groups is 1. The molecule has 0 atom stereocenters. The normalized spacial score (nSPS) is 11.1. The monoisotopic (exact) mass is 373 g/mol. The zero-order valence-corrected chi connectivity index (χ0v) is 15.8. The van der Waals surface area contributed by atoms with Gasteiger partial charge in [0.15, 0.2) is 5.78 Å². The zero-order valence-electron chi connectivity index (χ0n) is 15.0. The van der Waals surface area contributed by atoms with Crippen LogP contribution in [0.4, 0.5) is 4.39 Å². The smallest absolute Gasteiger partial charge is 0.277 e. The largest absolute Gasteiger partial charge is 0.411 e. The maximum Gasteiger partial charge on any atom is 0.277 e. The van der Waals surface area contributed by atoms with Crippen molar-refractivity contribution >= 4 is 17.5 Å². The highest BCUT2D eigenvalue weighted by Crippen LogP contribution is 2.25. The molecule has 0 amide bonds. The zero-order chi connectivity index (χ0) is 18.7. The van der Waals surface area contributed by atoms with E-state index in [4.69, 9.17) is 4.42 Å². The van der Waals surface area contributed by atoms with Crippen LogP contribution in [0.5, 0.6) is 0 Å². The lowest BCUT2D eigenvalue weighted by molar-refractivity contribution is 0.102. The Balaban J connectivity index is 1.67. The molecule has 0 radical (unpaired) electrons. The molecule has 0 saturated heterocycles. The molecule has 0 saturated carbocycles. The summed E-state index contributed by atoms with van der Waals surface area (Å²) >= 11 is 1.21. The fourth-order valence-electron chi connectivity index (χ4n) is 2.83. The predicted octanol–water partition coefficient (Wildman–Crippen LogP) is 4.68. The molecular weight excluding hydrogens is 353 g/mol. The van der Waals surface area contributed by atoms with Crippen molar-refractivity contribution in [1.82, 2.24) is 14.8 Å². The topological polar surface area (TPSA) is 60.9 Å². The highest BCUT2D eigenvalue weighted by atomic mass is 32.2. The Morgan fingerprint density at radius 1 is 1.23 bits per heavy atom. The molecular formula is C19H20FN3O2S. The van der Waals surface area contributed by atoms with Crippen molar-refractivity contribution in [2.24, 2.45) is 0 Å². The Labute approximate surface area is 155 Å². The van der Waals surface area contributed by atoms with Crippen LogP contribution in [-0.4, -0.2) is 26.3 Å². The first-order valence-electron chi connectivity index (χ1n) is 8.41. The first-order valence-corrected chi connectivity index (χ1v) is 9.40. The second kappa shape index (κ2) is 7.86.